The quantitative estimate of drug-likeness (QED) is 0.396. The Labute approximate surface area is 193 Å². The maximum Gasteiger partial charge on any atom is 0.564 e. The van der Waals surface area contributed by atoms with Gasteiger partial charge in [-0.3, -0.25) is 9.69 Å². The zero-order valence-corrected chi connectivity index (χ0v) is 20.1. The summed E-state index contributed by atoms with van der Waals surface area (Å²) in [6.45, 7) is 4.18. The van der Waals surface area contributed by atoms with Crippen molar-refractivity contribution in [1.29, 1.82) is 0 Å². The van der Waals surface area contributed by atoms with E-state index in [2.05, 4.69) is 28.1 Å². The van der Waals surface area contributed by atoms with Crippen LogP contribution in [-0.4, -0.2) is 51.5 Å². The Bertz CT molecular complexity index is 862. The van der Waals surface area contributed by atoms with Crippen molar-refractivity contribution in [1.82, 2.24) is 4.90 Å². The summed E-state index contributed by atoms with van der Waals surface area (Å²) in [5.74, 6) is 0.285. The van der Waals surface area contributed by atoms with Crippen molar-refractivity contribution in [3.8, 4) is 5.75 Å². The number of likely N-dealkylation sites (N-methyl/N-ethyl adjacent to an activating group) is 1. The van der Waals surface area contributed by atoms with Crippen molar-refractivity contribution >= 4 is 40.8 Å². The molecule has 2 aromatic rings. The molecular formula is C23H29BBrNO5. The van der Waals surface area contributed by atoms with Gasteiger partial charge in [0.1, 0.15) is 18.1 Å². The number of hydrogen-bond acceptors (Lipinski definition) is 6. The van der Waals surface area contributed by atoms with Crippen molar-refractivity contribution in [2.24, 2.45) is 0 Å². The molecular weight excluding hydrogens is 461 g/mol. The van der Waals surface area contributed by atoms with Gasteiger partial charge in [0.05, 0.1) is 13.1 Å². The van der Waals surface area contributed by atoms with Gasteiger partial charge in [-0.1, -0.05) is 54.0 Å². The van der Waals surface area contributed by atoms with Crippen LogP contribution in [0.1, 0.15) is 37.5 Å². The van der Waals surface area contributed by atoms with Gasteiger partial charge in [-0.15, -0.1) is 0 Å². The molecule has 6 nitrogen and oxygen atoms in total. The number of carbonyl (C=O) groups excluding carboxylic acids is 2. The Morgan fingerprint density at radius 2 is 1.94 bits per heavy atom. The van der Waals surface area contributed by atoms with Crippen LogP contribution in [0.5, 0.6) is 5.75 Å². The minimum Gasteiger partial charge on any atom is -0.505 e. The van der Waals surface area contributed by atoms with Gasteiger partial charge in [0.2, 0.25) is 0 Å². The van der Waals surface area contributed by atoms with Crippen LogP contribution in [0.25, 0.3) is 0 Å². The standard InChI is InChI=1S/C21H23BBrNO5.C2H6/c1-24(12-13-25)14-21(26)29-22(27-2)15-6-8-16(9-7-15)28-20-11-10-17-18(20)4-3-5-19(17)23;1-2/h3-9,13,20H,10-12,14H2,1-2H3;1-2H3. The lowest BCUT2D eigenvalue weighted by Gasteiger charge is -2.17. The smallest absolute Gasteiger partial charge is 0.505 e. The summed E-state index contributed by atoms with van der Waals surface area (Å²) in [4.78, 5) is 24.1. The van der Waals surface area contributed by atoms with Crippen molar-refractivity contribution < 1.29 is 23.6 Å². The minimum absolute atomic E-state index is 0.0104. The summed E-state index contributed by atoms with van der Waals surface area (Å²) in [5.41, 5.74) is 3.23. The van der Waals surface area contributed by atoms with Crippen LogP contribution < -0.4 is 10.2 Å². The van der Waals surface area contributed by atoms with Crippen LogP contribution in [0.3, 0.4) is 0 Å². The molecule has 0 aliphatic heterocycles. The molecule has 0 fully saturated rings. The Balaban J connectivity index is 0.00000166. The van der Waals surface area contributed by atoms with E-state index in [0.29, 0.717) is 5.46 Å². The Kier molecular flexibility index (Phi) is 10.2. The first kappa shape index (κ1) is 25.1. The Morgan fingerprint density at radius 1 is 1.23 bits per heavy atom. The molecule has 1 unspecified atom stereocenters. The highest BCUT2D eigenvalue weighted by atomic mass is 79.9. The third-order valence-electron chi connectivity index (χ3n) is 4.83. The number of benzene rings is 2. The first-order chi connectivity index (χ1) is 15.0. The summed E-state index contributed by atoms with van der Waals surface area (Å²) < 4.78 is 18.0. The maximum absolute atomic E-state index is 12.0. The molecule has 166 valence electrons. The van der Waals surface area contributed by atoms with E-state index >= 15 is 0 Å². The number of rotatable bonds is 9. The SMILES string of the molecule is CC.COB(OC(=O)CN(C)CC=O)c1ccc(OC2CCc3c(Br)cccc32)cc1. The van der Waals surface area contributed by atoms with Gasteiger partial charge in [0.15, 0.2) is 0 Å². The molecule has 0 saturated heterocycles. The molecule has 0 amide bonds. The Morgan fingerprint density at radius 3 is 2.58 bits per heavy atom. The molecule has 0 aromatic heterocycles. The van der Waals surface area contributed by atoms with Gasteiger partial charge in [0, 0.05) is 11.6 Å². The van der Waals surface area contributed by atoms with Gasteiger partial charge >= 0.3 is 13.1 Å². The normalized spacial score (nSPS) is 14.3. The molecule has 31 heavy (non-hydrogen) atoms. The van der Waals surface area contributed by atoms with E-state index in [4.69, 9.17) is 14.0 Å². The lowest BCUT2D eigenvalue weighted by Crippen LogP contribution is -2.40. The average Bonchev–Trinajstić information content (AvgIpc) is 3.18. The lowest BCUT2D eigenvalue weighted by molar-refractivity contribution is -0.136. The molecule has 0 N–H and O–H groups in total. The van der Waals surface area contributed by atoms with Crippen molar-refractivity contribution in [2.45, 2.75) is 32.8 Å². The van der Waals surface area contributed by atoms with E-state index in [-0.39, 0.29) is 19.2 Å². The molecule has 0 radical (unpaired) electrons. The lowest BCUT2D eigenvalue weighted by atomic mass is 9.79. The molecule has 1 aliphatic rings. The van der Waals surface area contributed by atoms with E-state index in [1.807, 2.05) is 44.2 Å². The summed E-state index contributed by atoms with van der Waals surface area (Å²) in [6, 6.07) is 13.5. The van der Waals surface area contributed by atoms with Crippen LogP contribution in [0.4, 0.5) is 0 Å². The van der Waals surface area contributed by atoms with Crippen LogP contribution >= 0.6 is 15.9 Å². The summed E-state index contributed by atoms with van der Waals surface area (Å²) in [5, 5.41) is 0. The van der Waals surface area contributed by atoms with E-state index in [0.717, 1.165) is 29.4 Å². The number of aldehydes is 1. The van der Waals surface area contributed by atoms with Crippen LogP contribution in [0.15, 0.2) is 46.9 Å². The fraction of sp³-hybridized carbons (Fsp3) is 0.391. The summed E-state index contributed by atoms with van der Waals surface area (Å²) >= 11 is 3.61. The monoisotopic (exact) mass is 489 g/mol. The van der Waals surface area contributed by atoms with E-state index in [1.54, 1.807) is 11.9 Å². The number of nitrogens with zero attached hydrogens (tertiary/aromatic N) is 1. The second-order valence-corrected chi connectivity index (χ2v) is 7.80. The van der Waals surface area contributed by atoms with E-state index in [1.165, 1.54) is 18.2 Å². The molecule has 2 aromatic carbocycles. The van der Waals surface area contributed by atoms with Gasteiger partial charge in [-0.05, 0) is 54.7 Å². The topological polar surface area (TPSA) is 65.1 Å². The van der Waals surface area contributed by atoms with E-state index < -0.39 is 13.1 Å². The van der Waals surface area contributed by atoms with Crippen molar-refractivity contribution in [3.05, 3.63) is 58.1 Å². The molecule has 0 heterocycles. The number of ether oxygens (including phenoxy) is 1. The van der Waals surface area contributed by atoms with Crippen LogP contribution in [0.2, 0.25) is 0 Å². The molecule has 0 bridgehead atoms. The van der Waals surface area contributed by atoms with Gasteiger partial charge in [-0.2, -0.15) is 0 Å². The minimum atomic E-state index is -0.815. The third-order valence-corrected chi connectivity index (χ3v) is 5.57. The largest absolute Gasteiger partial charge is 0.564 e. The number of fused-ring (bicyclic) bond motifs is 1. The highest BCUT2D eigenvalue weighted by Gasteiger charge is 2.27. The summed E-state index contributed by atoms with van der Waals surface area (Å²) in [6.07, 6.45) is 2.69. The first-order valence-electron chi connectivity index (χ1n) is 10.4. The highest BCUT2D eigenvalue weighted by molar-refractivity contribution is 9.10. The van der Waals surface area contributed by atoms with Crippen LogP contribution in [0, 0.1) is 0 Å². The highest BCUT2D eigenvalue weighted by Crippen LogP contribution is 2.38. The molecule has 0 spiro atoms. The number of hydrogen-bond donors (Lipinski definition) is 0. The van der Waals surface area contributed by atoms with Gasteiger partial charge in [0.25, 0.3) is 0 Å². The molecule has 8 heteroatoms. The van der Waals surface area contributed by atoms with Gasteiger partial charge in [-0.25, -0.2) is 0 Å². The molecule has 1 atom stereocenters. The van der Waals surface area contributed by atoms with E-state index in [9.17, 15) is 9.59 Å². The molecule has 1 aliphatic carbocycles. The second kappa shape index (κ2) is 12.6. The third kappa shape index (κ3) is 6.92. The zero-order chi connectivity index (χ0) is 22.8. The van der Waals surface area contributed by atoms with Gasteiger partial charge < -0.3 is 18.8 Å². The second-order valence-electron chi connectivity index (χ2n) is 6.94. The van der Waals surface area contributed by atoms with Crippen LogP contribution in [-0.2, 0) is 25.3 Å². The van der Waals surface area contributed by atoms with Crippen molar-refractivity contribution in [2.75, 3.05) is 27.2 Å². The zero-order valence-electron chi connectivity index (χ0n) is 18.5. The molecule has 0 saturated carbocycles. The maximum atomic E-state index is 12.0. The fourth-order valence-corrected chi connectivity index (χ4v) is 3.96. The molecule has 3 rings (SSSR count). The van der Waals surface area contributed by atoms with Crippen molar-refractivity contribution in [3.63, 3.8) is 0 Å². The Hall–Kier alpha value is -2.16. The predicted octanol–water partition coefficient (Wildman–Crippen LogP) is 3.56. The summed E-state index contributed by atoms with van der Waals surface area (Å²) in [7, 11) is 2.33. The predicted molar refractivity (Wildman–Crippen MR) is 126 cm³/mol. The fourth-order valence-electron chi connectivity index (χ4n) is 3.38. The number of carbonyl (C=O) groups is 2. The number of halogens is 1. The first-order valence-corrected chi connectivity index (χ1v) is 11.2. The average molecular weight is 490 g/mol.